The minimum absolute atomic E-state index is 0.417. The number of nitriles is 1. The number of β-amino-alcohol motifs (C(OH)–C–C–N with tert-alkyl or cyclic N) is 1. The molecule has 3 nitrogen and oxygen atoms in total. The molecule has 1 aliphatic heterocycles. The van der Waals surface area contributed by atoms with Crippen LogP contribution in [0.1, 0.15) is 44.9 Å². The topological polar surface area (TPSA) is 47.3 Å². The SMILES string of the molecule is N#CC1(C2(O)CCN(C3CC3)C2)CC2CCC1C2. The van der Waals surface area contributed by atoms with Gasteiger partial charge in [0, 0.05) is 19.1 Å². The van der Waals surface area contributed by atoms with Gasteiger partial charge >= 0.3 is 0 Å². The summed E-state index contributed by atoms with van der Waals surface area (Å²) in [4.78, 5) is 2.44. The van der Waals surface area contributed by atoms with Gasteiger partial charge in [0.2, 0.25) is 0 Å². The first-order chi connectivity index (χ1) is 8.67. The fraction of sp³-hybridized carbons (Fsp3) is 0.933. The molecule has 0 radical (unpaired) electrons. The van der Waals surface area contributed by atoms with Crippen molar-refractivity contribution >= 4 is 0 Å². The minimum Gasteiger partial charge on any atom is -0.387 e. The van der Waals surface area contributed by atoms with Crippen LogP contribution in [0.2, 0.25) is 0 Å². The predicted molar refractivity (Wildman–Crippen MR) is 67.7 cm³/mol. The van der Waals surface area contributed by atoms with E-state index in [-0.39, 0.29) is 0 Å². The highest BCUT2D eigenvalue weighted by Gasteiger charge is 2.64. The van der Waals surface area contributed by atoms with Crippen molar-refractivity contribution in [2.45, 2.75) is 56.6 Å². The van der Waals surface area contributed by atoms with E-state index in [1.807, 2.05) is 0 Å². The second kappa shape index (κ2) is 3.49. The standard InChI is InChI=1S/C15H22N2O/c16-9-14(8-11-1-2-12(14)7-11)15(18)5-6-17(10-15)13-3-4-13/h11-13,18H,1-8,10H2. The van der Waals surface area contributed by atoms with Crippen molar-refractivity contribution in [3.63, 3.8) is 0 Å². The number of fused-ring (bicyclic) bond motifs is 2. The lowest BCUT2D eigenvalue weighted by Gasteiger charge is -2.43. The molecule has 0 spiro atoms. The zero-order valence-electron chi connectivity index (χ0n) is 10.9. The molecule has 4 atom stereocenters. The maximum atomic E-state index is 11.1. The molecule has 4 aliphatic rings. The van der Waals surface area contributed by atoms with Crippen molar-refractivity contribution in [1.82, 2.24) is 4.90 Å². The molecule has 3 saturated carbocycles. The predicted octanol–water partition coefficient (Wildman–Crippen LogP) is 1.92. The van der Waals surface area contributed by atoms with E-state index in [0.29, 0.717) is 17.9 Å². The lowest BCUT2D eigenvalue weighted by atomic mass is 9.62. The van der Waals surface area contributed by atoms with Crippen LogP contribution in [0.4, 0.5) is 0 Å². The number of rotatable bonds is 2. The fourth-order valence-corrected chi connectivity index (χ4v) is 5.08. The minimum atomic E-state index is -0.718. The van der Waals surface area contributed by atoms with Crippen molar-refractivity contribution in [3.05, 3.63) is 0 Å². The summed E-state index contributed by atoms with van der Waals surface area (Å²) >= 11 is 0. The first-order valence-corrected chi connectivity index (χ1v) is 7.54. The van der Waals surface area contributed by atoms with Gasteiger partial charge in [0.05, 0.1) is 17.1 Å². The molecule has 0 amide bonds. The van der Waals surface area contributed by atoms with Gasteiger partial charge in [-0.15, -0.1) is 0 Å². The van der Waals surface area contributed by atoms with Crippen LogP contribution < -0.4 is 0 Å². The van der Waals surface area contributed by atoms with Crippen LogP contribution in [0.15, 0.2) is 0 Å². The molecule has 0 aromatic carbocycles. The summed E-state index contributed by atoms with van der Waals surface area (Å²) < 4.78 is 0. The Morgan fingerprint density at radius 1 is 1.22 bits per heavy atom. The number of nitrogens with zero attached hydrogens (tertiary/aromatic N) is 2. The van der Waals surface area contributed by atoms with Crippen molar-refractivity contribution < 1.29 is 5.11 Å². The highest BCUT2D eigenvalue weighted by Crippen LogP contribution is 2.62. The Hall–Kier alpha value is -0.590. The maximum Gasteiger partial charge on any atom is 0.0974 e. The molecule has 4 unspecified atom stereocenters. The third-order valence-electron chi connectivity index (χ3n) is 6.22. The average Bonchev–Trinajstić information content (AvgIpc) is 2.85. The van der Waals surface area contributed by atoms with Crippen LogP contribution in [0.3, 0.4) is 0 Å². The van der Waals surface area contributed by atoms with E-state index in [9.17, 15) is 10.4 Å². The molecular weight excluding hydrogens is 224 g/mol. The van der Waals surface area contributed by atoms with Crippen LogP contribution in [0, 0.1) is 28.6 Å². The molecule has 1 N–H and O–H groups in total. The van der Waals surface area contributed by atoms with Crippen molar-refractivity contribution in [2.75, 3.05) is 13.1 Å². The van der Waals surface area contributed by atoms with Crippen LogP contribution in [0.25, 0.3) is 0 Å². The molecule has 1 saturated heterocycles. The van der Waals surface area contributed by atoms with E-state index < -0.39 is 11.0 Å². The van der Waals surface area contributed by atoms with Crippen molar-refractivity contribution in [2.24, 2.45) is 17.3 Å². The molecule has 4 rings (SSSR count). The number of aliphatic hydroxyl groups is 1. The summed E-state index contributed by atoms with van der Waals surface area (Å²) in [6.07, 6.45) is 8.02. The molecule has 0 aromatic rings. The van der Waals surface area contributed by atoms with E-state index in [0.717, 1.165) is 25.9 Å². The van der Waals surface area contributed by atoms with Crippen molar-refractivity contribution in [1.29, 1.82) is 5.26 Å². The van der Waals surface area contributed by atoms with Crippen LogP contribution in [0.5, 0.6) is 0 Å². The monoisotopic (exact) mass is 246 g/mol. The molecule has 0 aromatic heterocycles. The Morgan fingerprint density at radius 3 is 2.61 bits per heavy atom. The summed E-state index contributed by atoms with van der Waals surface area (Å²) in [6, 6.07) is 3.31. The number of hydrogen-bond acceptors (Lipinski definition) is 3. The summed E-state index contributed by atoms with van der Waals surface area (Å²) in [6.45, 7) is 1.76. The van der Waals surface area contributed by atoms with Gasteiger partial charge in [0.25, 0.3) is 0 Å². The van der Waals surface area contributed by atoms with Gasteiger partial charge in [-0.3, -0.25) is 4.90 Å². The summed E-state index contributed by atoms with van der Waals surface area (Å²) in [5.74, 6) is 1.19. The van der Waals surface area contributed by atoms with E-state index >= 15 is 0 Å². The molecular formula is C15H22N2O. The Morgan fingerprint density at radius 2 is 2.06 bits per heavy atom. The van der Waals surface area contributed by atoms with E-state index in [2.05, 4.69) is 11.0 Å². The van der Waals surface area contributed by atoms with E-state index in [1.165, 1.54) is 32.1 Å². The maximum absolute atomic E-state index is 11.1. The summed E-state index contributed by atoms with van der Waals surface area (Å²) in [5, 5.41) is 20.9. The van der Waals surface area contributed by atoms with Gasteiger partial charge in [0.1, 0.15) is 0 Å². The molecule has 2 bridgehead atoms. The first-order valence-electron chi connectivity index (χ1n) is 7.54. The van der Waals surface area contributed by atoms with Crippen LogP contribution in [-0.2, 0) is 0 Å². The zero-order chi connectivity index (χ0) is 12.4. The first kappa shape index (κ1) is 11.3. The summed E-state index contributed by atoms with van der Waals surface area (Å²) in [7, 11) is 0. The highest BCUT2D eigenvalue weighted by atomic mass is 16.3. The molecule has 3 heteroatoms. The quantitative estimate of drug-likeness (QED) is 0.809. The lowest BCUT2D eigenvalue weighted by molar-refractivity contribution is -0.0729. The number of likely N-dealkylation sites (tertiary alicyclic amines) is 1. The molecule has 4 fully saturated rings. The smallest absolute Gasteiger partial charge is 0.0974 e. The van der Waals surface area contributed by atoms with Crippen molar-refractivity contribution in [3.8, 4) is 6.07 Å². The Bertz CT molecular complexity index is 413. The molecule has 1 heterocycles. The molecule has 98 valence electrons. The third-order valence-corrected chi connectivity index (χ3v) is 6.22. The van der Waals surface area contributed by atoms with Gasteiger partial charge in [-0.05, 0) is 50.4 Å². The second-order valence-corrected chi connectivity index (χ2v) is 7.15. The average molecular weight is 246 g/mol. The van der Waals surface area contributed by atoms with E-state index in [1.54, 1.807) is 0 Å². The van der Waals surface area contributed by atoms with Crippen LogP contribution in [-0.4, -0.2) is 34.7 Å². The van der Waals surface area contributed by atoms with Crippen LogP contribution >= 0.6 is 0 Å². The lowest BCUT2D eigenvalue weighted by Crippen LogP contribution is -2.52. The van der Waals surface area contributed by atoms with Gasteiger partial charge in [0.15, 0.2) is 0 Å². The number of hydrogen-bond donors (Lipinski definition) is 1. The summed E-state index contributed by atoms with van der Waals surface area (Å²) in [5.41, 5.74) is -1.14. The van der Waals surface area contributed by atoms with E-state index in [4.69, 9.17) is 0 Å². The normalized spacial score (nSPS) is 51.8. The highest BCUT2D eigenvalue weighted by molar-refractivity contribution is 5.22. The molecule has 3 aliphatic carbocycles. The fourth-order valence-electron chi connectivity index (χ4n) is 5.08. The zero-order valence-corrected chi connectivity index (χ0v) is 10.9. The Balaban J connectivity index is 1.63. The van der Waals surface area contributed by atoms with Gasteiger partial charge < -0.3 is 5.11 Å². The van der Waals surface area contributed by atoms with Gasteiger partial charge in [-0.1, -0.05) is 6.42 Å². The molecule has 18 heavy (non-hydrogen) atoms. The van der Waals surface area contributed by atoms with Gasteiger partial charge in [-0.25, -0.2) is 0 Å². The van der Waals surface area contributed by atoms with Gasteiger partial charge in [-0.2, -0.15) is 5.26 Å². The Labute approximate surface area is 109 Å². The third kappa shape index (κ3) is 1.31. The second-order valence-electron chi connectivity index (χ2n) is 7.15. The largest absolute Gasteiger partial charge is 0.387 e. The Kier molecular flexibility index (Phi) is 2.18.